The van der Waals surface area contributed by atoms with E-state index < -0.39 is 53.8 Å². The van der Waals surface area contributed by atoms with Crippen molar-refractivity contribution < 1.29 is 34.2 Å². The molecule has 12 N–H and O–H groups in total. The number of aliphatic carboxylic acids is 2. The maximum Gasteiger partial charge on any atom is 0.326 e. The summed E-state index contributed by atoms with van der Waals surface area (Å²) in [5.41, 5.74) is 16.8. The molecule has 0 saturated carbocycles. The number of carbonyl (C=O) groups is 5. The summed E-state index contributed by atoms with van der Waals surface area (Å²) >= 11 is 0. The van der Waals surface area contributed by atoms with Crippen LogP contribution < -0.4 is 33.2 Å². The summed E-state index contributed by atoms with van der Waals surface area (Å²) in [7, 11) is 0. The van der Waals surface area contributed by atoms with Gasteiger partial charge in [0.15, 0.2) is 5.96 Å². The zero-order chi connectivity index (χ0) is 29.5. The fraction of sp³-hybridized carbons (Fsp3) is 0.609. The number of hydrogen-bond acceptors (Lipinski definition) is 8. The van der Waals surface area contributed by atoms with Crippen LogP contribution in [0.4, 0.5) is 0 Å². The van der Waals surface area contributed by atoms with Crippen LogP contribution in [0.2, 0.25) is 0 Å². The molecule has 0 aromatic carbocycles. The average molecular weight is 554 g/mol. The zero-order valence-corrected chi connectivity index (χ0v) is 22.1. The van der Waals surface area contributed by atoms with Crippen molar-refractivity contribution in [2.45, 2.75) is 76.5 Å². The summed E-state index contributed by atoms with van der Waals surface area (Å²) in [6, 6.07) is -4.74. The Kier molecular flexibility index (Phi) is 14.0. The number of H-pyrrole nitrogens is 1. The number of amides is 3. The summed E-state index contributed by atoms with van der Waals surface area (Å²) in [5.74, 6) is -5.07. The molecule has 3 amide bonds. The van der Waals surface area contributed by atoms with Crippen LogP contribution in [0.5, 0.6) is 0 Å². The Hall–Kier alpha value is -4.21. The number of nitrogens with two attached hydrogens (primary N) is 3. The molecular formula is C23H39N9O7. The molecule has 1 rings (SSSR count). The van der Waals surface area contributed by atoms with Gasteiger partial charge in [0.1, 0.15) is 18.1 Å². The van der Waals surface area contributed by atoms with Gasteiger partial charge in [-0.1, -0.05) is 20.3 Å². The van der Waals surface area contributed by atoms with Crippen molar-refractivity contribution in [2.24, 2.45) is 28.1 Å². The van der Waals surface area contributed by atoms with Gasteiger partial charge in [0.05, 0.1) is 12.4 Å². The summed E-state index contributed by atoms with van der Waals surface area (Å²) in [6.45, 7) is 3.69. The van der Waals surface area contributed by atoms with E-state index in [1.165, 1.54) is 12.5 Å². The highest BCUT2D eigenvalue weighted by Crippen LogP contribution is 2.11. The SMILES string of the molecule is CCC(C)C(NC(=O)C(N)CCC(=O)O)C(=O)NC(Cc1cnc[nH]1)C(=O)NC(CCCN=C(N)N)C(=O)O. The van der Waals surface area contributed by atoms with E-state index >= 15 is 0 Å². The Morgan fingerprint density at radius 3 is 2.23 bits per heavy atom. The first-order valence-electron chi connectivity index (χ1n) is 12.5. The highest BCUT2D eigenvalue weighted by molar-refractivity contribution is 5.94. The smallest absolute Gasteiger partial charge is 0.326 e. The minimum absolute atomic E-state index is 0.0301. The molecule has 218 valence electrons. The molecule has 5 atom stereocenters. The average Bonchev–Trinajstić information content (AvgIpc) is 3.39. The van der Waals surface area contributed by atoms with Crippen LogP contribution in [0.15, 0.2) is 17.5 Å². The lowest BCUT2D eigenvalue weighted by Gasteiger charge is -2.28. The second-order valence-electron chi connectivity index (χ2n) is 9.10. The highest BCUT2D eigenvalue weighted by Gasteiger charge is 2.32. The fourth-order valence-corrected chi connectivity index (χ4v) is 3.49. The Morgan fingerprint density at radius 1 is 1.03 bits per heavy atom. The lowest BCUT2D eigenvalue weighted by atomic mass is 9.96. The number of aromatic amines is 1. The third kappa shape index (κ3) is 12.3. The number of nitrogens with one attached hydrogen (secondary N) is 4. The van der Waals surface area contributed by atoms with Gasteiger partial charge in [0, 0.05) is 31.3 Å². The van der Waals surface area contributed by atoms with Crippen LogP contribution in [0.25, 0.3) is 0 Å². The predicted octanol–water partition coefficient (Wildman–Crippen LogP) is -2.22. The molecule has 1 aromatic rings. The Bertz CT molecular complexity index is 996. The molecule has 1 aromatic heterocycles. The first-order chi connectivity index (χ1) is 18.3. The predicted molar refractivity (Wildman–Crippen MR) is 140 cm³/mol. The lowest BCUT2D eigenvalue weighted by Crippen LogP contribution is -2.59. The maximum atomic E-state index is 13.3. The number of carboxylic acids is 2. The van der Waals surface area contributed by atoms with Crippen molar-refractivity contribution in [1.29, 1.82) is 0 Å². The molecule has 0 radical (unpaired) electrons. The molecule has 0 bridgehead atoms. The van der Waals surface area contributed by atoms with Crippen LogP contribution in [-0.4, -0.2) is 86.5 Å². The Balaban J connectivity index is 3.04. The summed E-state index contributed by atoms with van der Waals surface area (Å²) in [6.07, 6.45) is 3.13. The van der Waals surface area contributed by atoms with Crippen LogP contribution in [-0.2, 0) is 30.4 Å². The second-order valence-corrected chi connectivity index (χ2v) is 9.10. The second kappa shape index (κ2) is 16.6. The molecule has 0 spiro atoms. The summed E-state index contributed by atoms with van der Waals surface area (Å²) in [5, 5.41) is 26.0. The third-order valence-electron chi connectivity index (χ3n) is 5.97. The molecule has 16 heteroatoms. The number of carboxylic acid groups (broad SMARTS) is 2. The molecular weight excluding hydrogens is 514 g/mol. The number of nitrogens with zero attached hydrogens (tertiary/aromatic N) is 2. The summed E-state index contributed by atoms with van der Waals surface area (Å²) in [4.78, 5) is 72.0. The van der Waals surface area contributed by atoms with Crippen molar-refractivity contribution >= 4 is 35.6 Å². The molecule has 1 heterocycles. The van der Waals surface area contributed by atoms with Crippen molar-refractivity contribution in [3.63, 3.8) is 0 Å². The molecule has 0 aliphatic carbocycles. The van der Waals surface area contributed by atoms with Gasteiger partial charge in [-0.25, -0.2) is 9.78 Å². The van der Waals surface area contributed by atoms with Crippen molar-refractivity contribution in [3.8, 4) is 0 Å². The number of guanidine groups is 1. The Labute approximate surface area is 225 Å². The van der Waals surface area contributed by atoms with Gasteiger partial charge in [-0.3, -0.25) is 24.2 Å². The summed E-state index contributed by atoms with van der Waals surface area (Å²) < 4.78 is 0. The zero-order valence-electron chi connectivity index (χ0n) is 22.1. The van der Waals surface area contributed by atoms with E-state index in [0.717, 1.165) is 0 Å². The maximum absolute atomic E-state index is 13.3. The van der Waals surface area contributed by atoms with Gasteiger partial charge in [0.25, 0.3) is 0 Å². The van der Waals surface area contributed by atoms with Gasteiger partial charge >= 0.3 is 11.9 Å². The van der Waals surface area contributed by atoms with Gasteiger partial charge < -0.3 is 48.3 Å². The number of aromatic nitrogens is 2. The molecule has 39 heavy (non-hydrogen) atoms. The van der Waals surface area contributed by atoms with Gasteiger partial charge in [0.2, 0.25) is 17.7 Å². The van der Waals surface area contributed by atoms with Gasteiger partial charge in [-0.15, -0.1) is 0 Å². The number of hydrogen-bond donors (Lipinski definition) is 9. The molecule has 0 aliphatic heterocycles. The molecule has 0 fully saturated rings. The van der Waals surface area contributed by atoms with Gasteiger partial charge in [-0.2, -0.15) is 0 Å². The lowest BCUT2D eigenvalue weighted by molar-refractivity contribution is -0.142. The van der Waals surface area contributed by atoms with E-state index in [0.29, 0.717) is 12.1 Å². The van der Waals surface area contributed by atoms with E-state index in [1.807, 2.05) is 0 Å². The normalized spacial score (nSPS) is 14.6. The number of aliphatic imine (C=N–C) groups is 1. The van der Waals surface area contributed by atoms with Crippen molar-refractivity contribution in [3.05, 3.63) is 18.2 Å². The number of rotatable bonds is 18. The van der Waals surface area contributed by atoms with E-state index in [2.05, 4.69) is 30.9 Å². The van der Waals surface area contributed by atoms with Crippen LogP contribution in [0.3, 0.4) is 0 Å². The van der Waals surface area contributed by atoms with Crippen LogP contribution in [0.1, 0.15) is 51.6 Å². The van der Waals surface area contributed by atoms with Crippen molar-refractivity contribution in [2.75, 3.05) is 6.54 Å². The largest absolute Gasteiger partial charge is 0.481 e. The van der Waals surface area contributed by atoms with E-state index in [1.54, 1.807) is 13.8 Å². The minimum Gasteiger partial charge on any atom is -0.481 e. The fourth-order valence-electron chi connectivity index (χ4n) is 3.49. The molecule has 5 unspecified atom stereocenters. The quantitative estimate of drug-likeness (QED) is 0.0533. The first kappa shape index (κ1) is 32.8. The van der Waals surface area contributed by atoms with E-state index in [-0.39, 0.29) is 50.5 Å². The highest BCUT2D eigenvalue weighted by atomic mass is 16.4. The Morgan fingerprint density at radius 2 is 1.69 bits per heavy atom. The molecule has 0 saturated heterocycles. The minimum atomic E-state index is -1.28. The topological polar surface area (TPSA) is 281 Å². The number of carbonyl (C=O) groups excluding carboxylic acids is 3. The number of imidazole rings is 1. The monoisotopic (exact) mass is 553 g/mol. The molecule has 16 nitrogen and oxygen atoms in total. The van der Waals surface area contributed by atoms with Gasteiger partial charge in [-0.05, 0) is 25.2 Å². The van der Waals surface area contributed by atoms with Crippen molar-refractivity contribution in [1.82, 2.24) is 25.9 Å². The first-order valence-corrected chi connectivity index (χ1v) is 12.5. The van der Waals surface area contributed by atoms with E-state index in [4.69, 9.17) is 22.3 Å². The standard InChI is InChI=1S/C23H39N9O7/c1-3-12(2)18(32-19(35)14(24)6-7-17(33)34)21(37)31-16(9-13-10-27-11-29-13)20(36)30-15(22(38)39)5-4-8-28-23(25)26/h10-12,14-16,18H,3-9,24H2,1-2H3,(H,27,29)(H,30,36)(H,31,37)(H,32,35)(H,33,34)(H,38,39)(H4,25,26,28). The van der Waals surface area contributed by atoms with Crippen LogP contribution in [0, 0.1) is 5.92 Å². The molecule has 0 aliphatic rings. The van der Waals surface area contributed by atoms with E-state index in [9.17, 15) is 29.1 Å². The third-order valence-corrected chi connectivity index (χ3v) is 5.97. The van der Waals surface area contributed by atoms with Crippen LogP contribution >= 0.6 is 0 Å².